The first-order valence-electron chi connectivity index (χ1n) is 7.07. The summed E-state index contributed by atoms with van der Waals surface area (Å²) in [5.41, 5.74) is 8.06. The van der Waals surface area contributed by atoms with Gasteiger partial charge < -0.3 is 11.1 Å². The molecule has 1 aliphatic carbocycles. The van der Waals surface area contributed by atoms with E-state index in [0.29, 0.717) is 11.9 Å². The molecule has 3 N–H and O–H groups in total. The van der Waals surface area contributed by atoms with Crippen LogP contribution < -0.4 is 11.1 Å². The van der Waals surface area contributed by atoms with Crippen LogP contribution in [-0.4, -0.2) is 15.4 Å². The van der Waals surface area contributed by atoms with Gasteiger partial charge in [0, 0.05) is 17.1 Å². The maximum Gasteiger partial charge on any atom is 0.149 e. The Hall–Kier alpha value is -1.14. The summed E-state index contributed by atoms with van der Waals surface area (Å²) in [4.78, 5) is 4.54. The second-order valence-electron chi connectivity index (χ2n) is 5.67. The van der Waals surface area contributed by atoms with E-state index in [1.807, 2.05) is 6.92 Å². The van der Waals surface area contributed by atoms with Gasteiger partial charge in [-0.3, -0.25) is 0 Å². The smallest absolute Gasteiger partial charge is 0.149 e. The Balaban J connectivity index is 1.80. The van der Waals surface area contributed by atoms with Crippen LogP contribution in [0.3, 0.4) is 0 Å². The van der Waals surface area contributed by atoms with Crippen LogP contribution in [0.2, 0.25) is 0 Å². The highest BCUT2D eigenvalue weighted by Gasteiger charge is 2.22. The van der Waals surface area contributed by atoms with Gasteiger partial charge >= 0.3 is 0 Å². The number of rotatable bonds is 3. The van der Waals surface area contributed by atoms with Gasteiger partial charge in [0.25, 0.3) is 0 Å². The Labute approximate surface area is 127 Å². The summed E-state index contributed by atoms with van der Waals surface area (Å²) in [6, 6.07) is 0.547. The molecule has 0 amide bonds. The van der Waals surface area contributed by atoms with Crippen LogP contribution in [0.1, 0.15) is 38.3 Å². The SMILES string of the molecule is Cc1csc(-c2c(N)nsc2NC2CCC(C)CC2)n1. The van der Waals surface area contributed by atoms with Crippen LogP contribution in [0.15, 0.2) is 5.38 Å². The standard InChI is InChI=1S/C14H20N4S2/c1-8-3-5-10(6-4-8)17-14-11(12(15)18-20-14)13-16-9(2)7-19-13/h7-8,10,17H,3-6H2,1-2H3,(H2,15,18). The number of nitrogens with one attached hydrogen (secondary N) is 1. The Morgan fingerprint density at radius 2 is 2.05 bits per heavy atom. The molecule has 2 heterocycles. The average Bonchev–Trinajstić information content (AvgIpc) is 2.99. The number of aryl methyl sites for hydroxylation is 1. The molecule has 20 heavy (non-hydrogen) atoms. The Morgan fingerprint density at radius 3 is 2.70 bits per heavy atom. The van der Waals surface area contributed by atoms with Crippen molar-refractivity contribution in [1.29, 1.82) is 0 Å². The molecule has 0 spiro atoms. The molecule has 0 aliphatic heterocycles. The van der Waals surface area contributed by atoms with E-state index in [1.54, 1.807) is 11.3 Å². The van der Waals surface area contributed by atoms with Crippen LogP contribution in [0.4, 0.5) is 10.8 Å². The van der Waals surface area contributed by atoms with Gasteiger partial charge in [-0.1, -0.05) is 6.92 Å². The lowest BCUT2D eigenvalue weighted by molar-refractivity contribution is 0.361. The van der Waals surface area contributed by atoms with Crippen molar-refractivity contribution in [1.82, 2.24) is 9.36 Å². The predicted molar refractivity (Wildman–Crippen MR) is 87.4 cm³/mol. The zero-order valence-electron chi connectivity index (χ0n) is 11.8. The maximum absolute atomic E-state index is 6.04. The number of hydrogen-bond acceptors (Lipinski definition) is 6. The van der Waals surface area contributed by atoms with Crippen molar-refractivity contribution in [2.24, 2.45) is 5.92 Å². The molecular weight excluding hydrogens is 288 g/mol. The second-order valence-corrected chi connectivity index (χ2v) is 7.30. The highest BCUT2D eigenvalue weighted by atomic mass is 32.1. The zero-order valence-corrected chi connectivity index (χ0v) is 13.5. The summed E-state index contributed by atoms with van der Waals surface area (Å²) >= 11 is 3.09. The normalized spacial score (nSPS) is 22.9. The van der Waals surface area contributed by atoms with Crippen LogP contribution in [-0.2, 0) is 0 Å². The Bertz CT molecular complexity index is 582. The number of hydrogen-bond donors (Lipinski definition) is 2. The molecule has 0 unspecified atom stereocenters. The van der Waals surface area contributed by atoms with Gasteiger partial charge in [0.05, 0.1) is 5.56 Å². The highest BCUT2D eigenvalue weighted by Crippen LogP contribution is 2.39. The van der Waals surface area contributed by atoms with Gasteiger partial charge in [-0.2, -0.15) is 4.37 Å². The van der Waals surface area contributed by atoms with E-state index in [2.05, 4.69) is 27.0 Å². The van der Waals surface area contributed by atoms with Gasteiger partial charge in [0.2, 0.25) is 0 Å². The first kappa shape index (κ1) is 13.8. The average molecular weight is 308 g/mol. The molecule has 3 rings (SSSR count). The van der Waals surface area contributed by atoms with Crippen molar-refractivity contribution in [3.63, 3.8) is 0 Å². The minimum atomic E-state index is 0.547. The fourth-order valence-corrected chi connectivity index (χ4v) is 4.38. The summed E-state index contributed by atoms with van der Waals surface area (Å²) in [6.45, 7) is 4.34. The van der Waals surface area contributed by atoms with E-state index in [0.717, 1.165) is 27.2 Å². The van der Waals surface area contributed by atoms with Crippen LogP contribution in [0, 0.1) is 12.8 Å². The first-order valence-corrected chi connectivity index (χ1v) is 8.73. The van der Waals surface area contributed by atoms with Gasteiger partial charge in [-0.25, -0.2) is 4.98 Å². The number of aromatic nitrogens is 2. The highest BCUT2D eigenvalue weighted by molar-refractivity contribution is 7.15. The molecule has 0 saturated heterocycles. The van der Waals surface area contributed by atoms with Crippen LogP contribution >= 0.6 is 22.9 Å². The monoisotopic (exact) mass is 308 g/mol. The number of nitrogens with two attached hydrogens (primary N) is 1. The van der Waals surface area contributed by atoms with E-state index in [4.69, 9.17) is 5.73 Å². The van der Waals surface area contributed by atoms with Crippen molar-refractivity contribution in [3.8, 4) is 10.6 Å². The lowest BCUT2D eigenvalue weighted by atomic mass is 9.87. The van der Waals surface area contributed by atoms with Crippen molar-refractivity contribution >= 4 is 33.7 Å². The molecule has 0 radical (unpaired) electrons. The number of nitrogen functional groups attached to an aromatic ring is 1. The topological polar surface area (TPSA) is 63.8 Å². The number of anilines is 2. The van der Waals surface area contributed by atoms with E-state index in [-0.39, 0.29) is 0 Å². The van der Waals surface area contributed by atoms with Crippen LogP contribution in [0.5, 0.6) is 0 Å². The lowest BCUT2D eigenvalue weighted by Gasteiger charge is -2.27. The summed E-state index contributed by atoms with van der Waals surface area (Å²) < 4.78 is 4.31. The third-order valence-corrected chi connectivity index (χ3v) is 5.67. The van der Waals surface area contributed by atoms with Gasteiger partial charge in [-0.15, -0.1) is 11.3 Å². The molecular formula is C14H20N4S2. The predicted octanol–water partition coefficient (Wildman–Crippen LogP) is 4.15. The molecule has 6 heteroatoms. The molecule has 1 aliphatic rings. The molecule has 0 aromatic carbocycles. The first-order chi connectivity index (χ1) is 9.63. The van der Waals surface area contributed by atoms with E-state index < -0.39 is 0 Å². The van der Waals surface area contributed by atoms with Crippen molar-refractivity contribution in [2.75, 3.05) is 11.1 Å². The van der Waals surface area contributed by atoms with Crippen LogP contribution in [0.25, 0.3) is 10.6 Å². The molecule has 108 valence electrons. The Morgan fingerprint density at radius 1 is 1.30 bits per heavy atom. The third kappa shape index (κ3) is 2.81. The van der Waals surface area contributed by atoms with Crippen molar-refractivity contribution in [3.05, 3.63) is 11.1 Å². The lowest BCUT2D eigenvalue weighted by Crippen LogP contribution is -2.24. The molecule has 0 atom stereocenters. The molecule has 1 saturated carbocycles. The number of thiazole rings is 1. The third-order valence-electron chi connectivity index (χ3n) is 3.90. The minimum absolute atomic E-state index is 0.547. The molecule has 2 aromatic rings. The van der Waals surface area contributed by atoms with E-state index in [9.17, 15) is 0 Å². The van der Waals surface area contributed by atoms with Crippen molar-refractivity contribution < 1.29 is 0 Å². The van der Waals surface area contributed by atoms with E-state index in [1.165, 1.54) is 37.2 Å². The molecule has 2 aromatic heterocycles. The summed E-state index contributed by atoms with van der Waals surface area (Å²) in [7, 11) is 0. The van der Waals surface area contributed by atoms with Gasteiger partial charge in [-0.05, 0) is 50.1 Å². The van der Waals surface area contributed by atoms with Gasteiger partial charge in [0.1, 0.15) is 15.8 Å². The largest absolute Gasteiger partial charge is 0.382 e. The fraction of sp³-hybridized carbons (Fsp3) is 0.571. The fourth-order valence-electron chi connectivity index (χ4n) is 2.67. The van der Waals surface area contributed by atoms with E-state index >= 15 is 0 Å². The Kier molecular flexibility index (Phi) is 3.94. The molecule has 1 fully saturated rings. The minimum Gasteiger partial charge on any atom is -0.382 e. The molecule has 0 bridgehead atoms. The van der Waals surface area contributed by atoms with Crippen molar-refractivity contribution in [2.45, 2.75) is 45.6 Å². The number of nitrogens with zero attached hydrogens (tertiary/aromatic N) is 2. The summed E-state index contributed by atoms with van der Waals surface area (Å²) in [6.07, 6.45) is 5.07. The molecule has 4 nitrogen and oxygen atoms in total. The quantitative estimate of drug-likeness (QED) is 0.894. The summed E-state index contributed by atoms with van der Waals surface area (Å²) in [5, 5.41) is 7.75. The summed E-state index contributed by atoms with van der Waals surface area (Å²) in [5.74, 6) is 1.46. The maximum atomic E-state index is 6.04. The van der Waals surface area contributed by atoms with Gasteiger partial charge in [0.15, 0.2) is 0 Å². The zero-order chi connectivity index (χ0) is 14.1. The second kappa shape index (κ2) is 5.69.